The van der Waals surface area contributed by atoms with Crippen molar-refractivity contribution in [3.63, 3.8) is 0 Å². The SMILES string of the molecule is CN=C(NCCC(=O)N(C)Cc1ccccc1)NC1CCC(C)CC1. The van der Waals surface area contributed by atoms with Crippen LogP contribution in [-0.2, 0) is 11.3 Å². The van der Waals surface area contributed by atoms with Crippen molar-refractivity contribution < 1.29 is 4.79 Å². The lowest BCUT2D eigenvalue weighted by molar-refractivity contribution is -0.130. The summed E-state index contributed by atoms with van der Waals surface area (Å²) in [6, 6.07) is 10.6. The standard InChI is InChI=1S/C20H32N4O/c1-16-9-11-18(12-10-16)23-20(21-2)22-14-13-19(25)24(3)15-17-7-5-4-6-8-17/h4-8,16,18H,9-15H2,1-3H3,(H2,21,22,23). The fourth-order valence-electron chi connectivity index (χ4n) is 3.22. The quantitative estimate of drug-likeness (QED) is 0.616. The molecule has 0 aromatic heterocycles. The van der Waals surface area contributed by atoms with Crippen LogP contribution in [0.1, 0.15) is 44.6 Å². The molecule has 0 unspecified atom stereocenters. The number of hydrogen-bond acceptors (Lipinski definition) is 2. The highest BCUT2D eigenvalue weighted by Crippen LogP contribution is 2.23. The van der Waals surface area contributed by atoms with Crippen molar-refractivity contribution in [3.8, 4) is 0 Å². The Labute approximate surface area is 151 Å². The summed E-state index contributed by atoms with van der Waals surface area (Å²) in [5.41, 5.74) is 1.15. The van der Waals surface area contributed by atoms with E-state index in [-0.39, 0.29) is 5.91 Å². The number of rotatable bonds is 6. The number of nitrogens with zero attached hydrogens (tertiary/aromatic N) is 2. The van der Waals surface area contributed by atoms with Crippen molar-refractivity contribution in [2.75, 3.05) is 20.6 Å². The summed E-state index contributed by atoms with van der Waals surface area (Å²) in [6.07, 6.45) is 5.40. The Balaban J connectivity index is 1.68. The van der Waals surface area contributed by atoms with Gasteiger partial charge in [-0.2, -0.15) is 0 Å². The molecule has 0 bridgehead atoms. The molecule has 5 heteroatoms. The van der Waals surface area contributed by atoms with E-state index in [0.717, 1.165) is 17.4 Å². The molecular formula is C20H32N4O. The van der Waals surface area contributed by atoms with Crippen molar-refractivity contribution in [2.24, 2.45) is 10.9 Å². The number of aliphatic imine (C=N–C) groups is 1. The van der Waals surface area contributed by atoms with Gasteiger partial charge in [0.2, 0.25) is 5.91 Å². The molecule has 0 heterocycles. The van der Waals surface area contributed by atoms with Crippen molar-refractivity contribution in [1.82, 2.24) is 15.5 Å². The number of hydrogen-bond donors (Lipinski definition) is 2. The van der Waals surface area contributed by atoms with Crippen LogP contribution in [-0.4, -0.2) is 43.4 Å². The number of amides is 1. The van der Waals surface area contributed by atoms with E-state index in [9.17, 15) is 4.79 Å². The molecule has 1 aliphatic rings. The van der Waals surface area contributed by atoms with Gasteiger partial charge in [-0.3, -0.25) is 9.79 Å². The third-order valence-corrected chi connectivity index (χ3v) is 4.90. The summed E-state index contributed by atoms with van der Waals surface area (Å²) in [5.74, 6) is 1.78. The van der Waals surface area contributed by atoms with E-state index in [0.29, 0.717) is 25.6 Å². The van der Waals surface area contributed by atoms with Gasteiger partial charge in [-0.1, -0.05) is 37.3 Å². The topological polar surface area (TPSA) is 56.7 Å². The lowest BCUT2D eigenvalue weighted by Gasteiger charge is -2.28. The molecule has 1 amide bonds. The van der Waals surface area contributed by atoms with Gasteiger partial charge in [0, 0.05) is 39.6 Å². The van der Waals surface area contributed by atoms with E-state index < -0.39 is 0 Å². The van der Waals surface area contributed by atoms with Crippen LogP contribution in [0.2, 0.25) is 0 Å². The van der Waals surface area contributed by atoms with E-state index in [1.165, 1.54) is 25.7 Å². The predicted octanol–water partition coefficient (Wildman–Crippen LogP) is 2.78. The van der Waals surface area contributed by atoms with E-state index in [1.807, 2.05) is 37.4 Å². The Kier molecular flexibility index (Phi) is 7.76. The Bertz CT molecular complexity index is 550. The van der Waals surface area contributed by atoms with E-state index in [4.69, 9.17) is 0 Å². The maximum absolute atomic E-state index is 12.3. The van der Waals surface area contributed by atoms with E-state index in [1.54, 1.807) is 11.9 Å². The third kappa shape index (κ3) is 6.77. The molecule has 1 aromatic rings. The van der Waals surface area contributed by atoms with Crippen LogP contribution in [0.4, 0.5) is 0 Å². The minimum absolute atomic E-state index is 0.137. The number of nitrogens with one attached hydrogen (secondary N) is 2. The first-order valence-corrected chi connectivity index (χ1v) is 9.33. The third-order valence-electron chi connectivity index (χ3n) is 4.90. The second kappa shape index (κ2) is 10.1. The molecule has 0 atom stereocenters. The maximum atomic E-state index is 12.3. The van der Waals surface area contributed by atoms with Crippen molar-refractivity contribution >= 4 is 11.9 Å². The molecule has 1 saturated carbocycles. The average Bonchev–Trinajstić information content (AvgIpc) is 2.63. The minimum atomic E-state index is 0.137. The number of benzene rings is 1. The molecule has 138 valence electrons. The van der Waals surface area contributed by atoms with Crippen LogP contribution >= 0.6 is 0 Å². The van der Waals surface area contributed by atoms with Gasteiger partial charge < -0.3 is 15.5 Å². The average molecular weight is 345 g/mol. The fraction of sp³-hybridized carbons (Fsp3) is 0.600. The van der Waals surface area contributed by atoms with Gasteiger partial charge >= 0.3 is 0 Å². The molecule has 25 heavy (non-hydrogen) atoms. The normalized spacial score (nSPS) is 20.8. The second-order valence-electron chi connectivity index (χ2n) is 7.09. The molecule has 1 fully saturated rings. The highest BCUT2D eigenvalue weighted by atomic mass is 16.2. The number of carbonyl (C=O) groups excluding carboxylic acids is 1. The molecule has 2 N–H and O–H groups in total. The summed E-state index contributed by atoms with van der Waals surface area (Å²) >= 11 is 0. The predicted molar refractivity (Wildman–Crippen MR) is 103 cm³/mol. The first kappa shape index (κ1) is 19.3. The summed E-state index contributed by atoms with van der Waals surface area (Å²) in [7, 11) is 3.63. The molecule has 1 aliphatic carbocycles. The molecule has 0 aliphatic heterocycles. The van der Waals surface area contributed by atoms with Gasteiger partial charge in [-0.15, -0.1) is 0 Å². The molecule has 5 nitrogen and oxygen atoms in total. The van der Waals surface area contributed by atoms with Gasteiger partial charge in [-0.05, 0) is 37.2 Å². The summed E-state index contributed by atoms with van der Waals surface area (Å²) in [4.78, 5) is 18.3. The molecule has 0 spiro atoms. The second-order valence-corrected chi connectivity index (χ2v) is 7.09. The number of carbonyl (C=O) groups is 1. The lowest BCUT2D eigenvalue weighted by Crippen LogP contribution is -2.45. The molecule has 1 aromatic carbocycles. The zero-order valence-corrected chi connectivity index (χ0v) is 15.8. The highest BCUT2D eigenvalue weighted by Gasteiger charge is 2.19. The van der Waals surface area contributed by atoms with Crippen LogP contribution in [0, 0.1) is 5.92 Å². The first-order valence-electron chi connectivity index (χ1n) is 9.33. The summed E-state index contributed by atoms with van der Waals surface area (Å²) < 4.78 is 0. The van der Waals surface area contributed by atoms with Crippen molar-refractivity contribution in [2.45, 2.75) is 51.6 Å². The molecular weight excluding hydrogens is 312 g/mol. The largest absolute Gasteiger partial charge is 0.356 e. The van der Waals surface area contributed by atoms with E-state index in [2.05, 4.69) is 22.5 Å². The summed E-state index contributed by atoms with van der Waals surface area (Å²) in [6.45, 7) is 3.56. The van der Waals surface area contributed by atoms with Crippen LogP contribution < -0.4 is 10.6 Å². The Hall–Kier alpha value is -2.04. The van der Waals surface area contributed by atoms with Crippen LogP contribution in [0.5, 0.6) is 0 Å². The Morgan fingerprint density at radius 3 is 2.52 bits per heavy atom. The maximum Gasteiger partial charge on any atom is 0.224 e. The van der Waals surface area contributed by atoms with Crippen LogP contribution in [0.15, 0.2) is 35.3 Å². The van der Waals surface area contributed by atoms with Gasteiger partial charge in [0.25, 0.3) is 0 Å². The van der Waals surface area contributed by atoms with E-state index >= 15 is 0 Å². The van der Waals surface area contributed by atoms with Crippen molar-refractivity contribution in [3.05, 3.63) is 35.9 Å². The fourth-order valence-corrected chi connectivity index (χ4v) is 3.22. The molecule has 0 saturated heterocycles. The Morgan fingerprint density at radius 2 is 1.88 bits per heavy atom. The highest BCUT2D eigenvalue weighted by molar-refractivity contribution is 5.81. The van der Waals surface area contributed by atoms with Gasteiger partial charge in [0.1, 0.15) is 0 Å². The van der Waals surface area contributed by atoms with Crippen LogP contribution in [0.3, 0.4) is 0 Å². The minimum Gasteiger partial charge on any atom is -0.356 e. The monoisotopic (exact) mass is 344 g/mol. The number of guanidine groups is 1. The molecule has 0 radical (unpaired) electrons. The first-order chi connectivity index (χ1) is 12.1. The van der Waals surface area contributed by atoms with Gasteiger partial charge in [0.15, 0.2) is 5.96 Å². The zero-order chi connectivity index (χ0) is 18.1. The van der Waals surface area contributed by atoms with Crippen LogP contribution in [0.25, 0.3) is 0 Å². The van der Waals surface area contributed by atoms with Gasteiger partial charge in [0.05, 0.1) is 0 Å². The molecule has 2 rings (SSSR count). The van der Waals surface area contributed by atoms with Crippen molar-refractivity contribution in [1.29, 1.82) is 0 Å². The van der Waals surface area contributed by atoms with Gasteiger partial charge in [-0.25, -0.2) is 0 Å². The lowest BCUT2D eigenvalue weighted by atomic mass is 9.87. The smallest absolute Gasteiger partial charge is 0.224 e. The Morgan fingerprint density at radius 1 is 1.20 bits per heavy atom. The zero-order valence-electron chi connectivity index (χ0n) is 15.8. The summed E-state index contributed by atoms with van der Waals surface area (Å²) in [5, 5.41) is 6.75.